The van der Waals surface area contributed by atoms with Crippen molar-refractivity contribution in [2.75, 3.05) is 0 Å². The van der Waals surface area contributed by atoms with Crippen molar-refractivity contribution in [2.24, 2.45) is 0 Å². The zero-order chi connectivity index (χ0) is 21.5. The van der Waals surface area contributed by atoms with Crippen LogP contribution in [0.4, 0.5) is 0 Å². The van der Waals surface area contributed by atoms with Crippen molar-refractivity contribution in [2.45, 2.75) is 33.3 Å². The highest BCUT2D eigenvalue weighted by molar-refractivity contribution is 5.97. The number of pyridine rings is 1. The van der Waals surface area contributed by atoms with Crippen molar-refractivity contribution in [3.63, 3.8) is 0 Å². The van der Waals surface area contributed by atoms with Crippen molar-refractivity contribution < 1.29 is 19.4 Å². The highest BCUT2D eigenvalue weighted by Crippen LogP contribution is 2.33. The molecule has 3 rings (SSSR count). The van der Waals surface area contributed by atoms with Crippen molar-refractivity contribution in [1.82, 2.24) is 4.98 Å². The average molecular weight is 402 g/mol. The van der Waals surface area contributed by atoms with Crippen LogP contribution in [0.25, 0.3) is 0 Å². The minimum Gasteiger partial charge on any atom is -0.507 e. The summed E-state index contributed by atoms with van der Waals surface area (Å²) in [5.74, 6) is 1.51. The van der Waals surface area contributed by atoms with Gasteiger partial charge in [0, 0.05) is 5.56 Å². The average Bonchev–Trinajstić information content (AvgIpc) is 2.75. The van der Waals surface area contributed by atoms with Crippen molar-refractivity contribution in [3.8, 4) is 29.1 Å². The van der Waals surface area contributed by atoms with E-state index in [1.54, 1.807) is 24.3 Å². The van der Waals surface area contributed by atoms with Crippen molar-refractivity contribution in [1.29, 1.82) is 5.26 Å². The quantitative estimate of drug-likeness (QED) is 0.522. The number of nitriles is 1. The maximum atomic E-state index is 11.7. The predicted molar refractivity (Wildman–Crippen MR) is 112 cm³/mol. The fourth-order valence-corrected chi connectivity index (χ4v) is 3.03. The standard InChI is InChI=1S/C24H22N2O4/c1-3-5-22-23(11-10-21(16(2)27)24(22)28)29-15-17-6-4-7-19(12-17)30-20-9-8-18(13-25)26-14-20/h4,6-12,14,28H,3,5,15H2,1-2H3. The Balaban J connectivity index is 1.74. The number of phenolic OH excluding ortho intramolecular Hbond substituents is 1. The van der Waals surface area contributed by atoms with Gasteiger partial charge in [-0.2, -0.15) is 5.26 Å². The topological polar surface area (TPSA) is 92.4 Å². The molecule has 0 amide bonds. The van der Waals surface area contributed by atoms with Gasteiger partial charge >= 0.3 is 0 Å². The Kier molecular flexibility index (Phi) is 6.66. The van der Waals surface area contributed by atoms with Gasteiger partial charge < -0.3 is 14.6 Å². The fraction of sp³-hybridized carbons (Fsp3) is 0.208. The Labute approximate surface area is 175 Å². The Hall–Kier alpha value is -3.85. The second kappa shape index (κ2) is 9.57. The van der Waals surface area contributed by atoms with Gasteiger partial charge in [-0.1, -0.05) is 25.5 Å². The number of benzene rings is 2. The maximum Gasteiger partial charge on any atom is 0.163 e. The first-order chi connectivity index (χ1) is 14.5. The molecule has 0 aliphatic heterocycles. The van der Waals surface area contributed by atoms with E-state index in [1.807, 2.05) is 37.3 Å². The molecule has 0 unspecified atom stereocenters. The Morgan fingerprint density at radius 1 is 1.17 bits per heavy atom. The van der Waals surface area contributed by atoms with Crippen LogP contribution in [-0.2, 0) is 13.0 Å². The number of hydrogen-bond acceptors (Lipinski definition) is 6. The smallest absolute Gasteiger partial charge is 0.163 e. The summed E-state index contributed by atoms with van der Waals surface area (Å²) in [7, 11) is 0. The SMILES string of the molecule is CCCc1c(OCc2cccc(Oc3ccc(C#N)nc3)c2)ccc(C(C)=O)c1O. The molecule has 0 saturated heterocycles. The molecule has 1 heterocycles. The zero-order valence-corrected chi connectivity index (χ0v) is 16.9. The molecule has 0 atom stereocenters. The molecule has 0 radical (unpaired) electrons. The molecular weight excluding hydrogens is 380 g/mol. The van der Waals surface area contributed by atoms with Crippen LogP contribution in [0.1, 0.15) is 47.4 Å². The number of aromatic nitrogens is 1. The number of nitrogens with zero attached hydrogens (tertiary/aromatic N) is 2. The number of ether oxygens (including phenoxy) is 2. The summed E-state index contributed by atoms with van der Waals surface area (Å²) >= 11 is 0. The Morgan fingerprint density at radius 3 is 2.67 bits per heavy atom. The van der Waals surface area contributed by atoms with Crippen LogP contribution in [-0.4, -0.2) is 15.9 Å². The lowest BCUT2D eigenvalue weighted by molar-refractivity contribution is 0.101. The third kappa shape index (κ3) is 4.95. The fourth-order valence-electron chi connectivity index (χ4n) is 3.03. The molecule has 6 nitrogen and oxygen atoms in total. The monoisotopic (exact) mass is 402 g/mol. The lowest BCUT2D eigenvalue weighted by Crippen LogP contribution is -2.02. The molecule has 0 bridgehead atoms. The summed E-state index contributed by atoms with van der Waals surface area (Å²) in [5.41, 5.74) is 2.15. The van der Waals surface area contributed by atoms with Gasteiger partial charge in [0.05, 0.1) is 11.8 Å². The van der Waals surface area contributed by atoms with E-state index < -0.39 is 0 Å². The van der Waals surface area contributed by atoms with E-state index in [0.29, 0.717) is 40.5 Å². The van der Waals surface area contributed by atoms with Gasteiger partial charge in [-0.3, -0.25) is 4.79 Å². The number of aromatic hydroxyl groups is 1. The van der Waals surface area contributed by atoms with Crippen LogP contribution in [0.5, 0.6) is 23.0 Å². The highest BCUT2D eigenvalue weighted by atomic mass is 16.5. The van der Waals surface area contributed by atoms with E-state index >= 15 is 0 Å². The lowest BCUT2D eigenvalue weighted by Gasteiger charge is -2.15. The highest BCUT2D eigenvalue weighted by Gasteiger charge is 2.16. The molecule has 0 fully saturated rings. The van der Waals surface area contributed by atoms with E-state index in [2.05, 4.69) is 4.98 Å². The first kappa shape index (κ1) is 20.9. The van der Waals surface area contributed by atoms with Gasteiger partial charge in [0.25, 0.3) is 0 Å². The number of hydrogen-bond donors (Lipinski definition) is 1. The summed E-state index contributed by atoms with van der Waals surface area (Å²) in [6.45, 7) is 3.71. The third-order valence-corrected chi connectivity index (χ3v) is 4.50. The summed E-state index contributed by atoms with van der Waals surface area (Å²) in [4.78, 5) is 15.7. The molecular formula is C24H22N2O4. The molecule has 0 aliphatic rings. The first-order valence-electron chi connectivity index (χ1n) is 9.63. The van der Waals surface area contributed by atoms with Gasteiger partial charge in [-0.15, -0.1) is 0 Å². The Bertz CT molecular complexity index is 1090. The van der Waals surface area contributed by atoms with Crippen LogP contribution < -0.4 is 9.47 Å². The van der Waals surface area contributed by atoms with Crippen LogP contribution in [0.2, 0.25) is 0 Å². The van der Waals surface area contributed by atoms with Gasteiger partial charge in [0.15, 0.2) is 5.78 Å². The van der Waals surface area contributed by atoms with Gasteiger partial charge in [-0.25, -0.2) is 4.98 Å². The largest absolute Gasteiger partial charge is 0.507 e. The second-order valence-electron chi connectivity index (χ2n) is 6.77. The van der Waals surface area contributed by atoms with E-state index in [9.17, 15) is 9.90 Å². The van der Waals surface area contributed by atoms with E-state index in [0.717, 1.165) is 12.0 Å². The molecule has 1 N–H and O–H groups in total. The van der Waals surface area contributed by atoms with E-state index in [-0.39, 0.29) is 18.1 Å². The first-order valence-corrected chi connectivity index (χ1v) is 9.63. The van der Waals surface area contributed by atoms with Crippen molar-refractivity contribution >= 4 is 5.78 Å². The number of Topliss-reactive ketones (excluding diaryl/α,β-unsaturated/α-hetero) is 1. The molecule has 152 valence electrons. The second-order valence-corrected chi connectivity index (χ2v) is 6.77. The molecule has 6 heteroatoms. The molecule has 3 aromatic rings. The molecule has 0 aliphatic carbocycles. The summed E-state index contributed by atoms with van der Waals surface area (Å²) in [5, 5.41) is 19.3. The summed E-state index contributed by atoms with van der Waals surface area (Å²) in [6.07, 6.45) is 2.92. The van der Waals surface area contributed by atoms with Crippen LogP contribution in [0.15, 0.2) is 54.7 Å². The number of ketones is 1. The maximum absolute atomic E-state index is 11.7. The number of phenols is 1. The molecule has 1 aromatic heterocycles. The van der Waals surface area contributed by atoms with Crippen LogP contribution in [0.3, 0.4) is 0 Å². The van der Waals surface area contributed by atoms with Gasteiger partial charge in [-0.05, 0) is 55.3 Å². The van der Waals surface area contributed by atoms with Gasteiger partial charge in [0.2, 0.25) is 0 Å². The summed E-state index contributed by atoms with van der Waals surface area (Å²) < 4.78 is 11.7. The minimum atomic E-state index is -0.182. The number of carbonyl (C=O) groups excluding carboxylic acids is 1. The normalized spacial score (nSPS) is 10.3. The van der Waals surface area contributed by atoms with Gasteiger partial charge in [0.1, 0.15) is 41.4 Å². The van der Waals surface area contributed by atoms with E-state index in [4.69, 9.17) is 14.7 Å². The minimum absolute atomic E-state index is 0.00718. The number of carbonyl (C=O) groups is 1. The molecule has 30 heavy (non-hydrogen) atoms. The van der Waals surface area contributed by atoms with Crippen LogP contribution >= 0.6 is 0 Å². The zero-order valence-electron chi connectivity index (χ0n) is 16.9. The van der Waals surface area contributed by atoms with Crippen LogP contribution in [0, 0.1) is 11.3 Å². The summed E-state index contributed by atoms with van der Waals surface area (Å²) in [6, 6.07) is 16.0. The third-order valence-electron chi connectivity index (χ3n) is 4.50. The Morgan fingerprint density at radius 2 is 2.00 bits per heavy atom. The molecule has 2 aromatic carbocycles. The number of rotatable bonds is 8. The van der Waals surface area contributed by atoms with Crippen molar-refractivity contribution in [3.05, 3.63) is 77.1 Å². The molecule has 0 spiro atoms. The molecule has 0 saturated carbocycles. The predicted octanol–water partition coefficient (Wildman–Crippen LogP) is 5.19. The van der Waals surface area contributed by atoms with E-state index in [1.165, 1.54) is 13.1 Å². The lowest BCUT2D eigenvalue weighted by atomic mass is 10.0.